The van der Waals surface area contributed by atoms with Crippen LogP contribution in [0, 0.1) is 0 Å². The summed E-state index contributed by atoms with van der Waals surface area (Å²) in [6.07, 6.45) is 2.82. The van der Waals surface area contributed by atoms with Gasteiger partial charge in [0.25, 0.3) is 0 Å². The normalized spacial score (nSPS) is 22.1. The molecule has 1 atom stereocenters. The molecule has 1 unspecified atom stereocenters. The summed E-state index contributed by atoms with van der Waals surface area (Å²) in [6.45, 7) is 0.251. The second kappa shape index (κ2) is 4.28. The van der Waals surface area contributed by atoms with Gasteiger partial charge in [-0.25, -0.2) is 8.42 Å². The van der Waals surface area contributed by atoms with Crippen molar-refractivity contribution in [2.45, 2.75) is 23.8 Å². The number of hydrogen-bond acceptors (Lipinski definition) is 5. The first-order valence-electron chi connectivity index (χ1n) is 5.38. The molecule has 0 amide bonds. The maximum absolute atomic E-state index is 12.3. The molecule has 3 N–H and O–H groups in total. The van der Waals surface area contributed by atoms with Gasteiger partial charge in [-0.2, -0.15) is 9.40 Å². The van der Waals surface area contributed by atoms with Crippen LogP contribution in [-0.4, -0.2) is 46.8 Å². The van der Waals surface area contributed by atoms with Gasteiger partial charge >= 0.3 is 0 Å². The first-order valence-corrected chi connectivity index (χ1v) is 6.82. The van der Waals surface area contributed by atoms with Gasteiger partial charge in [0, 0.05) is 25.8 Å². The highest BCUT2D eigenvalue weighted by molar-refractivity contribution is 7.89. The predicted molar refractivity (Wildman–Crippen MR) is 61.6 cm³/mol. The van der Waals surface area contributed by atoms with Crippen molar-refractivity contribution in [2.75, 3.05) is 18.9 Å². The number of nitrogens with zero attached hydrogens (tertiary/aromatic N) is 3. The van der Waals surface area contributed by atoms with Crippen LogP contribution in [0.3, 0.4) is 0 Å². The molecule has 1 aliphatic rings. The lowest BCUT2D eigenvalue weighted by Crippen LogP contribution is -2.37. The fourth-order valence-electron chi connectivity index (χ4n) is 2.12. The first kappa shape index (κ1) is 12.3. The number of aryl methyl sites for hydroxylation is 1. The smallest absolute Gasteiger partial charge is 0.248 e. The number of aliphatic hydroxyl groups excluding tert-OH is 1. The molecule has 1 saturated heterocycles. The van der Waals surface area contributed by atoms with Crippen molar-refractivity contribution in [3.63, 3.8) is 0 Å². The molecule has 8 heteroatoms. The molecule has 2 rings (SSSR count). The molecule has 2 heterocycles. The van der Waals surface area contributed by atoms with E-state index in [-0.39, 0.29) is 23.4 Å². The lowest BCUT2D eigenvalue weighted by atomic mass is 10.2. The fourth-order valence-corrected chi connectivity index (χ4v) is 3.89. The van der Waals surface area contributed by atoms with Crippen LogP contribution in [0.4, 0.5) is 5.82 Å². The largest absolute Gasteiger partial charge is 0.395 e. The van der Waals surface area contributed by atoms with Crippen molar-refractivity contribution in [3.8, 4) is 0 Å². The van der Waals surface area contributed by atoms with E-state index in [1.54, 1.807) is 7.05 Å². The zero-order valence-corrected chi connectivity index (χ0v) is 10.4. The molecule has 1 aliphatic heterocycles. The van der Waals surface area contributed by atoms with Gasteiger partial charge in [0.15, 0.2) is 5.82 Å². The third-order valence-electron chi connectivity index (χ3n) is 2.94. The average molecular weight is 260 g/mol. The monoisotopic (exact) mass is 260 g/mol. The molecule has 17 heavy (non-hydrogen) atoms. The van der Waals surface area contributed by atoms with Crippen LogP contribution >= 0.6 is 0 Å². The molecule has 0 bridgehead atoms. The number of rotatable bonds is 3. The minimum atomic E-state index is -3.64. The summed E-state index contributed by atoms with van der Waals surface area (Å²) in [6, 6.07) is -0.348. The molecule has 1 aromatic rings. The van der Waals surface area contributed by atoms with Gasteiger partial charge in [-0.1, -0.05) is 0 Å². The second-order valence-electron chi connectivity index (χ2n) is 4.15. The lowest BCUT2D eigenvalue weighted by Gasteiger charge is -2.21. The van der Waals surface area contributed by atoms with Crippen LogP contribution in [0.5, 0.6) is 0 Å². The van der Waals surface area contributed by atoms with Crippen LogP contribution in [0.1, 0.15) is 12.8 Å². The van der Waals surface area contributed by atoms with E-state index in [2.05, 4.69) is 5.10 Å². The summed E-state index contributed by atoms with van der Waals surface area (Å²) in [7, 11) is -2.03. The molecule has 0 spiro atoms. The Bertz CT molecular complexity index is 510. The molecule has 1 aromatic heterocycles. The Morgan fingerprint density at radius 1 is 1.65 bits per heavy atom. The van der Waals surface area contributed by atoms with Crippen LogP contribution in [-0.2, 0) is 17.1 Å². The summed E-state index contributed by atoms with van der Waals surface area (Å²) in [4.78, 5) is 0.0142. The lowest BCUT2D eigenvalue weighted by molar-refractivity contribution is 0.213. The van der Waals surface area contributed by atoms with E-state index in [0.717, 1.165) is 6.42 Å². The summed E-state index contributed by atoms with van der Waals surface area (Å²) in [5.41, 5.74) is 5.58. The number of aliphatic hydroxyl groups is 1. The summed E-state index contributed by atoms with van der Waals surface area (Å²) in [5.74, 6) is -0.00362. The van der Waals surface area contributed by atoms with Crippen molar-refractivity contribution in [3.05, 3.63) is 6.20 Å². The Hall–Kier alpha value is -1.12. The van der Waals surface area contributed by atoms with Crippen molar-refractivity contribution in [1.29, 1.82) is 0 Å². The summed E-state index contributed by atoms with van der Waals surface area (Å²) >= 11 is 0. The quantitative estimate of drug-likeness (QED) is 0.737. The van der Waals surface area contributed by atoms with E-state index < -0.39 is 10.0 Å². The van der Waals surface area contributed by atoms with Gasteiger partial charge in [-0.3, -0.25) is 4.68 Å². The number of aromatic nitrogens is 2. The number of hydrogen-bond donors (Lipinski definition) is 2. The molecule has 0 radical (unpaired) electrons. The number of nitrogens with two attached hydrogens (primary N) is 1. The van der Waals surface area contributed by atoms with Crippen molar-refractivity contribution in [2.24, 2.45) is 7.05 Å². The molecule has 0 saturated carbocycles. The van der Waals surface area contributed by atoms with E-state index in [4.69, 9.17) is 10.8 Å². The van der Waals surface area contributed by atoms with E-state index in [0.29, 0.717) is 13.0 Å². The summed E-state index contributed by atoms with van der Waals surface area (Å²) < 4.78 is 27.3. The second-order valence-corrected chi connectivity index (χ2v) is 6.01. The van der Waals surface area contributed by atoms with Crippen molar-refractivity contribution >= 4 is 15.8 Å². The van der Waals surface area contributed by atoms with Gasteiger partial charge in [0.1, 0.15) is 4.90 Å². The average Bonchev–Trinajstić information content (AvgIpc) is 2.84. The van der Waals surface area contributed by atoms with Crippen LogP contribution in [0.15, 0.2) is 11.1 Å². The topological polar surface area (TPSA) is 101 Å². The minimum absolute atomic E-state index is 0.00362. The maximum atomic E-state index is 12.3. The van der Waals surface area contributed by atoms with E-state index in [1.807, 2.05) is 0 Å². The molecule has 0 aliphatic carbocycles. The Balaban J connectivity index is 2.39. The summed E-state index contributed by atoms with van der Waals surface area (Å²) in [5, 5.41) is 13.0. The maximum Gasteiger partial charge on any atom is 0.248 e. The minimum Gasteiger partial charge on any atom is -0.395 e. The number of nitrogen functional groups attached to an aromatic ring is 1. The van der Waals surface area contributed by atoms with Crippen LogP contribution < -0.4 is 5.73 Å². The third-order valence-corrected chi connectivity index (χ3v) is 4.91. The molecule has 96 valence electrons. The molecule has 7 nitrogen and oxygen atoms in total. The van der Waals surface area contributed by atoms with Gasteiger partial charge < -0.3 is 10.8 Å². The first-order chi connectivity index (χ1) is 7.96. The van der Waals surface area contributed by atoms with Crippen LogP contribution in [0.25, 0.3) is 0 Å². The highest BCUT2D eigenvalue weighted by atomic mass is 32.2. The van der Waals surface area contributed by atoms with Crippen LogP contribution in [0.2, 0.25) is 0 Å². The number of anilines is 1. The Labute approximate surface area is 99.9 Å². The highest BCUT2D eigenvalue weighted by Gasteiger charge is 2.36. The molecular weight excluding hydrogens is 244 g/mol. The Morgan fingerprint density at radius 2 is 2.35 bits per heavy atom. The van der Waals surface area contributed by atoms with Gasteiger partial charge in [0.05, 0.1) is 6.61 Å². The van der Waals surface area contributed by atoms with Gasteiger partial charge in [-0.05, 0) is 12.8 Å². The Kier molecular flexibility index (Phi) is 3.11. The molecule has 0 aromatic carbocycles. The predicted octanol–water partition coefficient (Wildman–Crippen LogP) is -0.852. The number of sulfonamides is 1. The molecular formula is C9H16N4O3S. The van der Waals surface area contributed by atoms with E-state index >= 15 is 0 Å². The van der Waals surface area contributed by atoms with Gasteiger partial charge in [0.2, 0.25) is 10.0 Å². The SMILES string of the molecule is Cn1cc(S(=O)(=O)N2CCCC2CO)c(N)n1. The fraction of sp³-hybridized carbons (Fsp3) is 0.667. The molecule has 1 fully saturated rings. The van der Waals surface area contributed by atoms with Crippen molar-refractivity contribution in [1.82, 2.24) is 14.1 Å². The zero-order chi connectivity index (χ0) is 12.6. The standard InChI is InChI=1S/C9H16N4O3S/c1-12-5-8(9(10)11-12)17(15,16)13-4-2-3-7(13)6-14/h5,7,14H,2-4,6H2,1H3,(H2,10,11). The highest BCUT2D eigenvalue weighted by Crippen LogP contribution is 2.27. The van der Waals surface area contributed by atoms with Gasteiger partial charge in [-0.15, -0.1) is 0 Å². The zero-order valence-electron chi connectivity index (χ0n) is 9.57. The van der Waals surface area contributed by atoms with E-state index in [9.17, 15) is 8.42 Å². The van der Waals surface area contributed by atoms with Crippen molar-refractivity contribution < 1.29 is 13.5 Å². The van der Waals surface area contributed by atoms with E-state index in [1.165, 1.54) is 15.2 Å². The Morgan fingerprint density at radius 3 is 2.88 bits per heavy atom. The third kappa shape index (κ3) is 2.03.